The molecule has 1 aromatic carbocycles. The third-order valence-corrected chi connectivity index (χ3v) is 3.75. The topological polar surface area (TPSA) is 83.6 Å². The average Bonchev–Trinajstić information content (AvgIpc) is 2.40. The maximum Gasteiger partial charge on any atom is 0.254 e. The molecule has 0 saturated heterocycles. The van der Waals surface area contributed by atoms with Crippen LogP contribution in [0.4, 0.5) is 0 Å². The standard InChI is InChI=1S/C15H20N2O3/c16-14(19)11-5-7-12(8-6-11)15(20)17(9-2-10-18)13-3-1-4-13/h5-8,13,18H,1-4,9-10H2,(H2,16,19). The van der Waals surface area contributed by atoms with Crippen molar-refractivity contribution >= 4 is 11.8 Å². The molecule has 5 nitrogen and oxygen atoms in total. The SMILES string of the molecule is NC(=O)c1ccc(C(=O)N(CCCO)C2CCC2)cc1. The summed E-state index contributed by atoms with van der Waals surface area (Å²) in [5, 5.41) is 8.95. The summed E-state index contributed by atoms with van der Waals surface area (Å²) < 4.78 is 0. The van der Waals surface area contributed by atoms with Crippen molar-refractivity contribution in [1.29, 1.82) is 0 Å². The second-order valence-electron chi connectivity index (χ2n) is 5.10. The van der Waals surface area contributed by atoms with Crippen molar-refractivity contribution in [1.82, 2.24) is 4.90 Å². The fraction of sp³-hybridized carbons (Fsp3) is 0.467. The summed E-state index contributed by atoms with van der Waals surface area (Å²) in [4.78, 5) is 25.3. The van der Waals surface area contributed by atoms with Crippen LogP contribution >= 0.6 is 0 Å². The molecule has 0 radical (unpaired) electrons. The first kappa shape index (κ1) is 14.5. The summed E-state index contributed by atoms with van der Waals surface area (Å²) in [6, 6.07) is 6.69. The van der Waals surface area contributed by atoms with Gasteiger partial charge in [-0.05, 0) is 49.9 Å². The lowest BCUT2D eigenvalue weighted by Gasteiger charge is -2.37. The van der Waals surface area contributed by atoms with Crippen LogP contribution in [-0.4, -0.2) is 41.0 Å². The zero-order valence-corrected chi connectivity index (χ0v) is 11.4. The summed E-state index contributed by atoms with van der Waals surface area (Å²) in [5.74, 6) is -0.542. The Kier molecular flexibility index (Phi) is 4.74. The third-order valence-electron chi connectivity index (χ3n) is 3.75. The monoisotopic (exact) mass is 276 g/mol. The molecule has 2 amide bonds. The van der Waals surface area contributed by atoms with Gasteiger partial charge in [-0.1, -0.05) is 0 Å². The zero-order valence-electron chi connectivity index (χ0n) is 11.4. The lowest BCUT2D eigenvalue weighted by Crippen LogP contribution is -2.45. The van der Waals surface area contributed by atoms with E-state index >= 15 is 0 Å². The molecule has 2 rings (SSSR count). The summed E-state index contributed by atoms with van der Waals surface area (Å²) in [6.07, 6.45) is 3.78. The molecule has 20 heavy (non-hydrogen) atoms. The highest BCUT2D eigenvalue weighted by molar-refractivity contribution is 5.97. The largest absolute Gasteiger partial charge is 0.396 e. The number of aliphatic hydroxyl groups is 1. The first-order valence-corrected chi connectivity index (χ1v) is 6.95. The van der Waals surface area contributed by atoms with E-state index in [2.05, 4.69) is 0 Å². The van der Waals surface area contributed by atoms with E-state index in [-0.39, 0.29) is 18.6 Å². The summed E-state index contributed by atoms with van der Waals surface area (Å²) in [7, 11) is 0. The number of benzene rings is 1. The highest BCUT2D eigenvalue weighted by atomic mass is 16.3. The maximum atomic E-state index is 12.5. The molecule has 1 aliphatic carbocycles. The quantitative estimate of drug-likeness (QED) is 0.818. The van der Waals surface area contributed by atoms with Crippen LogP contribution in [0.15, 0.2) is 24.3 Å². The molecule has 0 spiro atoms. The Morgan fingerprint density at radius 3 is 2.25 bits per heavy atom. The van der Waals surface area contributed by atoms with E-state index in [1.165, 1.54) is 0 Å². The Morgan fingerprint density at radius 1 is 1.20 bits per heavy atom. The minimum Gasteiger partial charge on any atom is -0.396 e. The number of primary amides is 1. The first-order valence-electron chi connectivity index (χ1n) is 6.95. The van der Waals surface area contributed by atoms with Crippen LogP contribution in [-0.2, 0) is 0 Å². The molecular weight excluding hydrogens is 256 g/mol. The number of nitrogens with two attached hydrogens (primary N) is 1. The molecule has 0 unspecified atom stereocenters. The van der Waals surface area contributed by atoms with Gasteiger partial charge in [-0.25, -0.2) is 0 Å². The van der Waals surface area contributed by atoms with Crippen molar-refractivity contribution in [2.45, 2.75) is 31.7 Å². The maximum absolute atomic E-state index is 12.5. The Balaban J connectivity index is 2.11. The van der Waals surface area contributed by atoms with Crippen molar-refractivity contribution in [2.24, 2.45) is 5.73 Å². The number of carbonyl (C=O) groups excluding carboxylic acids is 2. The van der Waals surface area contributed by atoms with Crippen LogP contribution < -0.4 is 5.73 Å². The van der Waals surface area contributed by atoms with E-state index in [4.69, 9.17) is 10.8 Å². The van der Waals surface area contributed by atoms with E-state index in [0.29, 0.717) is 24.1 Å². The highest BCUT2D eigenvalue weighted by Crippen LogP contribution is 2.26. The van der Waals surface area contributed by atoms with E-state index < -0.39 is 5.91 Å². The molecule has 1 aromatic rings. The van der Waals surface area contributed by atoms with Crippen molar-refractivity contribution in [3.63, 3.8) is 0 Å². The van der Waals surface area contributed by atoms with Gasteiger partial charge in [-0.2, -0.15) is 0 Å². The predicted molar refractivity (Wildman–Crippen MR) is 75.3 cm³/mol. The number of hydrogen-bond acceptors (Lipinski definition) is 3. The number of carbonyl (C=O) groups is 2. The summed E-state index contributed by atoms with van der Waals surface area (Å²) >= 11 is 0. The molecule has 0 atom stereocenters. The molecule has 108 valence electrons. The summed E-state index contributed by atoms with van der Waals surface area (Å²) in [5.41, 5.74) is 6.13. The van der Waals surface area contributed by atoms with Crippen LogP contribution in [0.25, 0.3) is 0 Å². The lowest BCUT2D eigenvalue weighted by molar-refractivity contribution is 0.0562. The van der Waals surface area contributed by atoms with Gasteiger partial charge in [-0.15, -0.1) is 0 Å². The van der Waals surface area contributed by atoms with Crippen LogP contribution in [0.1, 0.15) is 46.4 Å². The third kappa shape index (κ3) is 3.17. The van der Waals surface area contributed by atoms with E-state index in [9.17, 15) is 9.59 Å². The first-order chi connectivity index (χ1) is 9.63. The molecule has 1 saturated carbocycles. The highest BCUT2D eigenvalue weighted by Gasteiger charge is 2.28. The minimum atomic E-state index is -0.500. The molecule has 0 heterocycles. The molecule has 0 aliphatic heterocycles. The van der Waals surface area contributed by atoms with Crippen molar-refractivity contribution < 1.29 is 14.7 Å². The fourth-order valence-corrected chi connectivity index (χ4v) is 2.33. The number of hydrogen-bond donors (Lipinski definition) is 2. The lowest BCUT2D eigenvalue weighted by atomic mass is 9.90. The molecule has 1 aliphatic rings. The molecule has 1 fully saturated rings. The van der Waals surface area contributed by atoms with Crippen molar-refractivity contribution in [3.05, 3.63) is 35.4 Å². The van der Waals surface area contributed by atoms with Gasteiger partial charge in [0.05, 0.1) is 0 Å². The average molecular weight is 276 g/mol. The van der Waals surface area contributed by atoms with Gasteiger partial charge in [0.25, 0.3) is 5.91 Å². The molecule has 0 bridgehead atoms. The van der Waals surface area contributed by atoms with Crippen LogP contribution in [0.2, 0.25) is 0 Å². The number of rotatable bonds is 6. The number of aliphatic hydroxyl groups excluding tert-OH is 1. The van der Waals surface area contributed by atoms with Crippen LogP contribution in [0.5, 0.6) is 0 Å². The molecular formula is C15H20N2O3. The van der Waals surface area contributed by atoms with Crippen molar-refractivity contribution in [3.8, 4) is 0 Å². The van der Waals surface area contributed by atoms with Crippen LogP contribution in [0, 0.1) is 0 Å². The second kappa shape index (κ2) is 6.52. The number of amides is 2. The summed E-state index contributed by atoms with van der Waals surface area (Å²) in [6.45, 7) is 0.648. The second-order valence-corrected chi connectivity index (χ2v) is 5.10. The van der Waals surface area contributed by atoms with Gasteiger partial charge < -0.3 is 15.7 Å². The van der Waals surface area contributed by atoms with Crippen LogP contribution in [0.3, 0.4) is 0 Å². The molecule has 0 aromatic heterocycles. The normalized spacial score (nSPS) is 14.7. The van der Waals surface area contributed by atoms with Gasteiger partial charge in [0.2, 0.25) is 5.91 Å². The Hall–Kier alpha value is -1.88. The van der Waals surface area contributed by atoms with Gasteiger partial charge >= 0.3 is 0 Å². The smallest absolute Gasteiger partial charge is 0.254 e. The van der Waals surface area contributed by atoms with Gasteiger partial charge in [0.1, 0.15) is 0 Å². The Labute approximate surface area is 118 Å². The van der Waals surface area contributed by atoms with E-state index in [1.54, 1.807) is 24.3 Å². The Morgan fingerprint density at radius 2 is 1.80 bits per heavy atom. The molecule has 3 N–H and O–H groups in total. The van der Waals surface area contributed by atoms with Gasteiger partial charge in [0.15, 0.2) is 0 Å². The van der Waals surface area contributed by atoms with E-state index in [0.717, 1.165) is 19.3 Å². The Bertz CT molecular complexity index is 480. The van der Waals surface area contributed by atoms with Gasteiger partial charge in [-0.3, -0.25) is 9.59 Å². The predicted octanol–water partition coefficient (Wildman–Crippen LogP) is 1.16. The molecule has 5 heteroatoms. The fourth-order valence-electron chi connectivity index (χ4n) is 2.33. The van der Waals surface area contributed by atoms with Gasteiger partial charge in [0, 0.05) is 30.3 Å². The zero-order chi connectivity index (χ0) is 14.5. The number of nitrogens with zero attached hydrogens (tertiary/aromatic N) is 1. The van der Waals surface area contributed by atoms with Crippen molar-refractivity contribution in [2.75, 3.05) is 13.2 Å². The minimum absolute atomic E-state index is 0.0424. The van der Waals surface area contributed by atoms with E-state index in [1.807, 2.05) is 4.90 Å².